The minimum atomic E-state index is 0.0241. The number of carbonyl (C=O) groups excluding carboxylic acids is 1. The molecule has 0 atom stereocenters. The van der Waals surface area contributed by atoms with Crippen LogP contribution in [0.25, 0.3) is 0 Å². The van der Waals surface area contributed by atoms with E-state index in [0.717, 1.165) is 24.4 Å². The van der Waals surface area contributed by atoms with Gasteiger partial charge >= 0.3 is 0 Å². The topological polar surface area (TPSA) is 50.4 Å². The molecule has 0 aliphatic rings. The van der Waals surface area contributed by atoms with Gasteiger partial charge in [-0.1, -0.05) is 36.4 Å². The Morgan fingerprint density at radius 2 is 1.73 bits per heavy atom. The zero-order valence-electron chi connectivity index (χ0n) is 12.8. The minimum Gasteiger partial charge on any atom is -0.496 e. The quantitative estimate of drug-likeness (QED) is 0.737. The lowest BCUT2D eigenvalue weighted by molar-refractivity contribution is -0.116. The standard InChI is InChI=1S/C18H22N2O2/c1-22-17-10-6-5-7-15(17)11-13-19-14-12-18(21)20-16-8-3-2-4-9-16/h2-10,19H,11-14H2,1H3,(H,20,21). The van der Waals surface area contributed by atoms with E-state index in [-0.39, 0.29) is 5.91 Å². The summed E-state index contributed by atoms with van der Waals surface area (Å²) in [7, 11) is 1.68. The number of para-hydroxylation sites is 2. The fourth-order valence-electron chi connectivity index (χ4n) is 2.20. The molecule has 22 heavy (non-hydrogen) atoms. The Balaban J connectivity index is 1.64. The van der Waals surface area contributed by atoms with Crippen LogP contribution in [0, 0.1) is 0 Å². The SMILES string of the molecule is COc1ccccc1CCNCCC(=O)Nc1ccccc1. The van der Waals surface area contributed by atoms with Crippen LogP contribution in [0.5, 0.6) is 5.75 Å². The van der Waals surface area contributed by atoms with Gasteiger partial charge in [0.2, 0.25) is 5.91 Å². The average molecular weight is 298 g/mol. The first kappa shape index (κ1) is 16.0. The van der Waals surface area contributed by atoms with E-state index in [2.05, 4.69) is 16.7 Å². The van der Waals surface area contributed by atoms with Crippen molar-refractivity contribution in [3.8, 4) is 5.75 Å². The summed E-state index contributed by atoms with van der Waals surface area (Å²) >= 11 is 0. The van der Waals surface area contributed by atoms with Crippen molar-refractivity contribution in [2.24, 2.45) is 0 Å². The molecular weight excluding hydrogens is 276 g/mol. The van der Waals surface area contributed by atoms with Crippen molar-refractivity contribution in [2.45, 2.75) is 12.8 Å². The molecule has 0 unspecified atom stereocenters. The molecule has 2 N–H and O–H groups in total. The number of hydrogen-bond donors (Lipinski definition) is 2. The Bertz CT molecular complexity index is 585. The molecular formula is C18H22N2O2. The average Bonchev–Trinajstić information content (AvgIpc) is 2.56. The summed E-state index contributed by atoms with van der Waals surface area (Å²) in [6.45, 7) is 1.48. The maximum absolute atomic E-state index is 11.8. The molecule has 0 bridgehead atoms. The van der Waals surface area contributed by atoms with Crippen molar-refractivity contribution < 1.29 is 9.53 Å². The minimum absolute atomic E-state index is 0.0241. The molecule has 4 heteroatoms. The van der Waals surface area contributed by atoms with Crippen LogP contribution in [0.2, 0.25) is 0 Å². The number of nitrogens with one attached hydrogen (secondary N) is 2. The second-order valence-corrected chi connectivity index (χ2v) is 4.98. The van der Waals surface area contributed by atoms with Crippen molar-refractivity contribution in [3.05, 3.63) is 60.2 Å². The first-order valence-corrected chi connectivity index (χ1v) is 7.47. The third-order valence-electron chi connectivity index (χ3n) is 3.35. The molecule has 1 amide bonds. The lowest BCUT2D eigenvalue weighted by atomic mass is 10.1. The summed E-state index contributed by atoms with van der Waals surface area (Å²) in [5.41, 5.74) is 2.01. The molecule has 0 heterocycles. The fourth-order valence-corrected chi connectivity index (χ4v) is 2.20. The molecule has 2 aromatic rings. The summed E-state index contributed by atoms with van der Waals surface area (Å²) in [6, 6.07) is 17.5. The van der Waals surface area contributed by atoms with Gasteiger partial charge in [-0.15, -0.1) is 0 Å². The van der Waals surface area contributed by atoms with E-state index in [4.69, 9.17) is 4.74 Å². The van der Waals surface area contributed by atoms with Crippen LogP contribution in [0.4, 0.5) is 5.69 Å². The molecule has 116 valence electrons. The largest absolute Gasteiger partial charge is 0.496 e. The molecule has 0 aromatic heterocycles. The highest BCUT2D eigenvalue weighted by Gasteiger charge is 2.03. The van der Waals surface area contributed by atoms with Gasteiger partial charge in [-0.3, -0.25) is 4.79 Å². The molecule has 2 aromatic carbocycles. The maximum Gasteiger partial charge on any atom is 0.225 e. The molecule has 0 aliphatic carbocycles. The van der Waals surface area contributed by atoms with Crippen LogP contribution < -0.4 is 15.4 Å². The number of carbonyl (C=O) groups is 1. The van der Waals surface area contributed by atoms with E-state index in [0.29, 0.717) is 13.0 Å². The molecule has 0 radical (unpaired) electrons. The molecule has 0 fully saturated rings. The number of hydrogen-bond acceptors (Lipinski definition) is 3. The third-order valence-corrected chi connectivity index (χ3v) is 3.35. The van der Waals surface area contributed by atoms with E-state index in [1.165, 1.54) is 5.56 Å². The Hall–Kier alpha value is -2.33. The van der Waals surface area contributed by atoms with Crippen LogP contribution in [0.3, 0.4) is 0 Å². The molecule has 0 spiro atoms. The highest BCUT2D eigenvalue weighted by atomic mass is 16.5. The molecule has 4 nitrogen and oxygen atoms in total. The van der Waals surface area contributed by atoms with Crippen LogP contribution in [-0.2, 0) is 11.2 Å². The first-order chi connectivity index (χ1) is 10.8. The predicted molar refractivity (Wildman–Crippen MR) is 89.3 cm³/mol. The Labute approximate surface area is 131 Å². The number of benzene rings is 2. The lowest BCUT2D eigenvalue weighted by Gasteiger charge is -2.09. The summed E-state index contributed by atoms with van der Waals surface area (Å²) in [4.78, 5) is 11.8. The fraction of sp³-hybridized carbons (Fsp3) is 0.278. The Kier molecular flexibility index (Phi) is 6.45. The summed E-state index contributed by atoms with van der Waals surface area (Å²) in [6.07, 6.45) is 1.34. The number of ether oxygens (including phenoxy) is 1. The van der Waals surface area contributed by atoms with Gasteiger partial charge in [0.15, 0.2) is 0 Å². The number of anilines is 1. The Morgan fingerprint density at radius 3 is 2.50 bits per heavy atom. The summed E-state index contributed by atoms with van der Waals surface area (Å²) < 4.78 is 5.32. The van der Waals surface area contributed by atoms with Gasteiger partial charge in [-0.05, 0) is 36.7 Å². The number of rotatable bonds is 8. The zero-order valence-corrected chi connectivity index (χ0v) is 12.8. The van der Waals surface area contributed by atoms with Crippen LogP contribution in [-0.4, -0.2) is 26.1 Å². The van der Waals surface area contributed by atoms with Gasteiger partial charge in [-0.25, -0.2) is 0 Å². The van der Waals surface area contributed by atoms with Gasteiger partial charge in [0.05, 0.1) is 7.11 Å². The zero-order chi connectivity index (χ0) is 15.6. The van der Waals surface area contributed by atoms with E-state index in [9.17, 15) is 4.79 Å². The molecule has 0 saturated heterocycles. The van der Waals surface area contributed by atoms with Crippen molar-refractivity contribution in [2.75, 3.05) is 25.5 Å². The van der Waals surface area contributed by atoms with Crippen LogP contribution in [0.1, 0.15) is 12.0 Å². The van der Waals surface area contributed by atoms with Gasteiger partial charge < -0.3 is 15.4 Å². The van der Waals surface area contributed by atoms with Crippen molar-refractivity contribution in [1.82, 2.24) is 5.32 Å². The van der Waals surface area contributed by atoms with E-state index >= 15 is 0 Å². The number of methoxy groups -OCH3 is 1. The highest BCUT2D eigenvalue weighted by molar-refractivity contribution is 5.90. The van der Waals surface area contributed by atoms with E-state index in [1.807, 2.05) is 48.5 Å². The lowest BCUT2D eigenvalue weighted by Crippen LogP contribution is -2.23. The Morgan fingerprint density at radius 1 is 1.00 bits per heavy atom. The third kappa shape index (κ3) is 5.22. The number of amides is 1. The smallest absolute Gasteiger partial charge is 0.225 e. The van der Waals surface area contributed by atoms with Gasteiger partial charge in [0.1, 0.15) is 5.75 Å². The van der Waals surface area contributed by atoms with Crippen LogP contribution >= 0.6 is 0 Å². The molecule has 2 rings (SSSR count). The second kappa shape index (κ2) is 8.85. The normalized spacial score (nSPS) is 10.2. The van der Waals surface area contributed by atoms with Crippen molar-refractivity contribution in [1.29, 1.82) is 0 Å². The predicted octanol–water partition coefficient (Wildman–Crippen LogP) is 2.86. The first-order valence-electron chi connectivity index (χ1n) is 7.47. The van der Waals surface area contributed by atoms with Crippen molar-refractivity contribution >= 4 is 11.6 Å². The van der Waals surface area contributed by atoms with Gasteiger partial charge in [-0.2, -0.15) is 0 Å². The second-order valence-electron chi connectivity index (χ2n) is 4.98. The summed E-state index contributed by atoms with van der Waals surface area (Å²) in [5, 5.41) is 6.16. The maximum atomic E-state index is 11.8. The highest BCUT2D eigenvalue weighted by Crippen LogP contribution is 2.17. The monoisotopic (exact) mass is 298 g/mol. The molecule has 0 aliphatic heterocycles. The van der Waals surface area contributed by atoms with Gasteiger partial charge in [0.25, 0.3) is 0 Å². The van der Waals surface area contributed by atoms with Gasteiger partial charge in [0, 0.05) is 18.7 Å². The molecule has 0 saturated carbocycles. The van der Waals surface area contributed by atoms with Crippen molar-refractivity contribution in [3.63, 3.8) is 0 Å². The van der Waals surface area contributed by atoms with E-state index < -0.39 is 0 Å². The van der Waals surface area contributed by atoms with Crippen LogP contribution in [0.15, 0.2) is 54.6 Å². The summed E-state index contributed by atoms with van der Waals surface area (Å²) in [5.74, 6) is 0.933. The van der Waals surface area contributed by atoms with E-state index in [1.54, 1.807) is 7.11 Å².